The molecule has 0 saturated heterocycles. The minimum Gasteiger partial charge on any atom is -0.388 e. The fourth-order valence-corrected chi connectivity index (χ4v) is 2.17. The van der Waals surface area contributed by atoms with Crippen molar-refractivity contribution in [3.05, 3.63) is 70.0 Å². The van der Waals surface area contributed by atoms with Gasteiger partial charge < -0.3 is 5.11 Å². The van der Waals surface area contributed by atoms with Gasteiger partial charge in [-0.2, -0.15) is 13.2 Å². The Bertz CT molecular complexity index is 640. The highest BCUT2D eigenvalue weighted by molar-refractivity contribution is 6.31. The maximum atomic E-state index is 13.3. The van der Waals surface area contributed by atoms with Crippen LogP contribution in [0.3, 0.4) is 0 Å². The van der Waals surface area contributed by atoms with E-state index in [0.717, 1.165) is 12.1 Å². The summed E-state index contributed by atoms with van der Waals surface area (Å²) in [6.45, 7) is 0. The molecule has 0 amide bonds. The molecular weight excluding hydrogens is 308 g/mol. The first-order valence-electron chi connectivity index (χ1n) is 6.06. The fourth-order valence-electron chi connectivity index (χ4n) is 1.96. The second-order valence-corrected chi connectivity index (χ2v) is 4.99. The van der Waals surface area contributed by atoms with Crippen molar-refractivity contribution in [3.8, 4) is 0 Å². The lowest BCUT2D eigenvalue weighted by molar-refractivity contribution is -0.137. The van der Waals surface area contributed by atoms with E-state index in [-0.39, 0.29) is 12.0 Å². The number of benzene rings is 2. The third-order valence-electron chi connectivity index (χ3n) is 3.00. The van der Waals surface area contributed by atoms with Crippen molar-refractivity contribution < 1.29 is 22.7 Å². The molecule has 0 aromatic heterocycles. The standard InChI is InChI=1S/C15H11ClF4O/c16-13-4-2-1-3-9(13)7-14(21)10-5-11(15(18,19)20)8-12(17)6-10/h1-6,8,14,21H,7H2. The Labute approximate surface area is 123 Å². The van der Waals surface area contributed by atoms with E-state index in [1.807, 2.05) is 0 Å². The van der Waals surface area contributed by atoms with Gasteiger partial charge in [0, 0.05) is 11.4 Å². The average Bonchev–Trinajstić information content (AvgIpc) is 2.39. The van der Waals surface area contributed by atoms with Crippen molar-refractivity contribution in [2.75, 3.05) is 0 Å². The van der Waals surface area contributed by atoms with Gasteiger partial charge in [0.2, 0.25) is 0 Å². The Morgan fingerprint density at radius 3 is 2.38 bits per heavy atom. The summed E-state index contributed by atoms with van der Waals surface area (Å²) in [6.07, 6.45) is -5.94. The van der Waals surface area contributed by atoms with Crippen LogP contribution in [0.4, 0.5) is 17.6 Å². The number of alkyl halides is 3. The summed E-state index contributed by atoms with van der Waals surface area (Å²) in [7, 11) is 0. The molecule has 112 valence electrons. The van der Waals surface area contributed by atoms with E-state index < -0.39 is 23.7 Å². The molecule has 0 saturated carbocycles. The molecule has 1 nitrogen and oxygen atoms in total. The van der Waals surface area contributed by atoms with Crippen molar-refractivity contribution >= 4 is 11.6 Å². The summed E-state index contributed by atoms with van der Waals surface area (Å²) in [5, 5.41) is 10.4. The summed E-state index contributed by atoms with van der Waals surface area (Å²) in [4.78, 5) is 0. The third-order valence-corrected chi connectivity index (χ3v) is 3.37. The molecule has 0 fully saturated rings. The number of aliphatic hydroxyl groups excluding tert-OH is 1. The van der Waals surface area contributed by atoms with Crippen LogP contribution in [-0.2, 0) is 12.6 Å². The van der Waals surface area contributed by atoms with E-state index >= 15 is 0 Å². The van der Waals surface area contributed by atoms with Crippen LogP contribution in [0.5, 0.6) is 0 Å². The lowest BCUT2D eigenvalue weighted by atomic mass is 9.99. The van der Waals surface area contributed by atoms with Crippen molar-refractivity contribution in [3.63, 3.8) is 0 Å². The molecule has 0 aliphatic rings. The molecule has 0 bridgehead atoms. The molecule has 0 aliphatic heterocycles. The van der Waals surface area contributed by atoms with Crippen LogP contribution in [0.1, 0.15) is 22.8 Å². The topological polar surface area (TPSA) is 20.2 Å². The van der Waals surface area contributed by atoms with E-state index in [2.05, 4.69) is 0 Å². The lowest BCUT2D eigenvalue weighted by Crippen LogP contribution is -2.09. The van der Waals surface area contributed by atoms with E-state index in [1.54, 1.807) is 24.3 Å². The van der Waals surface area contributed by atoms with E-state index in [0.29, 0.717) is 16.7 Å². The van der Waals surface area contributed by atoms with Crippen molar-refractivity contribution in [2.24, 2.45) is 0 Å². The second kappa shape index (κ2) is 6.03. The van der Waals surface area contributed by atoms with Gasteiger partial charge in [0.15, 0.2) is 0 Å². The summed E-state index contributed by atoms with van der Waals surface area (Å²) >= 11 is 5.93. The zero-order valence-electron chi connectivity index (χ0n) is 10.7. The Morgan fingerprint density at radius 1 is 1.10 bits per heavy atom. The van der Waals surface area contributed by atoms with Gasteiger partial charge in [-0.3, -0.25) is 0 Å². The highest BCUT2D eigenvalue weighted by Crippen LogP contribution is 2.32. The Kier molecular flexibility index (Phi) is 4.54. The molecule has 21 heavy (non-hydrogen) atoms. The van der Waals surface area contributed by atoms with E-state index in [1.165, 1.54) is 0 Å². The summed E-state index contributed by atoms with van der Waals surface area (Å²) in [5.74, 6) is -1.04. The predicted molar refractivity (Wildman–Crippen MR) is 71.5 cm³/mol. The van der Waals surface area contributed by atoms with Crippen LogP contribution in [0.15, 0.2) is 42.5 Å². The predicted octanol–water partition coefficient (Wildman–Crippen LogP) is 4.77. The number of halogens is 5. The van der Waals surface area contributed by atoms with Crippen molar-refractivity contribution in [1.82, 2.24) is 0 Å². The summed E-state index contributed by atoms with van der Waals surface area (Å²) in [5.41, 5.74) is -0.692. The first kappa shape index (κ1) is 15.8. The molecule has 0 heterocycles. The molecular formula is C15H11ClF4O. The number of hydrogen-bond donors (Lipinski definition) is 1. The maximum Gasteiger partial charge on any atom is 0.416 e. The third kappa shape index (κ3) is 3.95. The molecule has 2 aromatic rings. The zero-order valence-corrected chi connectivity index (χ0v) is 11.4. The monoisotopic (exact) mass is 318 g/mol. The zero-order chi connectivity index (χ0) is 15.6. The van der Waals surface area contributed by atoms with Gasteiger partial charge in [-0.1, -0.05) is 29.8 Å². The maximum absolute atomic E-state index is 13.3. The van der Waals surface area contributed by atoms with Crippen LogP contribution in [0.25, 0.3) is 0 Å². The Balaban J connectivity index is 2.29. The van der Waals surface area contributed by atoms with E-state index in [4.69, 9.17) is 11.6 Å². The lowest BCUT2D eigenvalue weighted by Gasteiger charge is -2.15. The smallest absolute Gasteiger partial charge is 0.388 e. The molecule has 1 unspecified atom stereocenters. The van der Waals surface area contributed by atoms with Gasteiger partial charge in [-0.15, -0.1) is 0 Å². The molecule has 0 aliphatic carbocycles. The van der Waals surface area contributed by atoms with Gasteiger partial charge in [0.1, 0.15) is 5.82 Å². The number of aliphatic hydroxyl groups is 1. The number of hydrogen-bond acceptors (Lipinski definition) is 1. The summed E-state index contributed by atoms with van der Waals surface area (Å²) < 4.78 is 51.2. The van der Waals surface area contributed by atoms with Crippen LogP contribution < -0.4 is 0 Å². The van der Waals surface area contributed by atoms with Crippen LogP contribution in [0.2, 0.25) is 5.02 Å². The molecule has 0 radical (unpaired) electrons. The Hall–Kier alpha value is -1.59. The first-order valence-corrected chi connectivity index (χ1v) is 6.44. The molecule has 2 rings (SSSR count). The highest BCUT2D eigenvalue weighted by Gasteiger charge is 2.32. The van der Waals surface area contributed by atoms with Gasteiger partial charge in [0.05, 0.1) is 11.7 Å². The molecule has 1 atom stereocenters. The largest absolute Gasteiger partial charge is 0.416 e. The molecule has 2 aromatic carbocycles. The van der Waals surface area contributed by atoms with E-state index in [9.17, 15) is 22.7 Å². The number of rotatable bonds is 3. The van der Waals surface area contributed by atoms with Crippen LogP contribution in [-0.4, -0.2) is 5.11 Å². The Morgan fingerprint density at radius 2 is 1.76 bits per heavy atom. The quantitative estimate of drug-likeness (QED) is 0.808. The first-order chi connectivity index (χ1) is 9.77. The minimum atomic E-state index is -4.67. The molecule has 1 N–H and O–H groups in total. The fraction of sp³-hybridized carbons (Fsp3) is 0.200. The van der Waals surface area contributed by atoms with Crippen LogP contribution >= 0.6 is 11.6 Å². The van der Waals surface area contributed by atoms with Gasteiger partial charge in [-0.05, 0) is 35.4 Å². The van der Waals surface area contributed by atoms with Gasteiger partial charge in [-0.25, -0.2) is 4.39 Å². The second-order valence-electron chi connectivity index (χ2n) is 4.58. The SMILES string of the molecule is OC(Cc1ccccc1Cl)c1cc(F)cc(C(F)(F)F)c1. The van der Waals surface area contributed by atoms with Gasteiger partial charge >= 0.3 is 6.18 Å². The highest BCUT2D eigenvalue weighted by atomic mass is 35.5. The van der Waals surface area contributed by atoms with Crippen molar-refractivity contribution in [1.29, 1.82) is 0 Å². The molecule has 0 spiro atoms. The average molecular weight is 319 g/mol. The van der Waals surface area contributed by atoms with Crippen molar-refractivity contribution in [2.45, 2.75) is 18.7 Å². The minimum absolute atomic E-state index is 0.000420. The molecule has 6 heteroatoms. The van der Waals surface area contributed by atoms with Crippen LogP contribution in [0, 0.1) is 5.82 Å². The van der Waals surface area contributed by atoms with Gasteiger partial charge in [0.25, 0.3) is 0 Å². The summed E-state index contributed by atoms with van der Waals surface area (Å²) in [6, 6.07) is 8.67. The normalized spacial score (nSPS) is 13.2.